The molecule has 88 valence electrons. The van der Waals surface area contributed by atoms with E-state index in [1.54, 1.807) is 0 Å². The molecule has 1 aliphatic rings. The summed E-state index contributed by atoms with van der Waals surface area (Å²) >= 11 is 3.51. The average molecular weight is 283 g/mol. The molecule has 1 N–H and O–H groups in total. The summed E-state index contributed by atoms with van der Waals surface area (Å²) in [6.45, 7) is 7.75. The Morgan fingerprint density at radius 1 is 1.50 bits per heavy atom. The van der Waals surface area contributed by atoms with Gasteiger partial charge in [-0.3, -0.25) is 0 Å². The zero-order valence-corrected chi connectivity index (χ0v) is 11.5. The molecule has 1 aromatic carbocycles. The number of nitrogens with one attached hydrogen (secondary N) is 1. The third-order valence-electron chi connectivity index (χ3n) is 3.25. The van der Waals surface area contributed by atoms with Gasteiger partial charge in [0.05, 0.1) is 0 Å². The van der Waals surface area contributed by atoms with E-state index in [9.17, 15) is 0 Å². The van der Waals surface area contributed by atoms with Gasteiger partial charge in [0, 0.05) is 35.8 Å². The summed E-state index contributed by atoms with van der Waals surface area (Å²) in [5.41, 5.74) is 2.73. The van der Waals surface area contributed by atoms with Crippen molar-refractivity contribution in [2.24, 2.45) is 0 Å². The molecule has 3 heteroatoms. The first-order valence-electron chi connectivity index (χ1n) is 5.95. The molecule has 1 fully saturated rings. The van der Waals surface area contributed by atoms with Gasteiger partial charge < -0.3 is 10.2 Å². The maximum Gasteiger partial charge on any atom is 0.0397 e. The van der Waals surface area contributed by atoms with Crippen LogP contribution in [0.15, 0.2) is 22.7 Å². The molecule has 1 heterocycles. The topological polar surface area (TPSA) is 15.3 Å². The lowest BCUT2D eigenvalue weighted by atomic mass is 10.1. The lowest BCUT2D eigenvalue weighted by Crippen LogP contribution is -2.50. The number of halogens is 1. The highest BCUT2D eigenvalue weighted by atomic mass is 79.9. The van der Waals surface area contributed by atoms with E-state index >= 15 is 0 Å². The monoisotopic (exact) mass is 282 g/mol. The van der Waals surface area contributed by atoms with Crippen LogP contribution in [0.2, 0.25) is 0 Å². The van der Waals surface area contributed by atoms with E-state index in [-0.39, 0.29) is 0 Å². The fourth-order valence-corrected chi connectivity index (χ4v) is 2.77. The Kier molecular flexibility index (Phi) is 3.87. The van der Waals surface area contributed by atoms with Crippen molar-refractivity contribution in [1.29, 1.82) is 0 Å². The Morgan fingerprint density at radius 2 is 2.31 bits per heavy atom. The molecule has 2 nitrogen and oxygen atoms in total. The quantitative estimate of drug-likeness (QED) is 0.897. The van der Waals surface area contributed by atoms with E-state index in [0.29, 0.717) is 6.04 Å². The predicted octanol–water partition coefficient (Wildman–Crippen LogP) is 2.95. The molecule has 1 aliphatic heterocycles. The van der Waals surface area contributed by atoms with E-state index in [1.807, 2.05) is 0 Å². The van der Waals surface area contributed by atoms with Gasteiger partial charge in [-0.05, 0) is 37.1 Å². The number of anilines is 1. The fourth-order valence-electron chi connectivity index (χ4n) is 2.29. The van der Waals surface area contributed by atoms with Crippen LogP contribution in [-0.2, 0) is 0 Å². The van der Waals surface area contributed by atoms with Crippen LogP contribution < -0.4 is 10.2 Å². The summed E-state index contributed by atoms with van der Waals surface area (Å²) in [7, 11) is 0. The van der Waals surface area contributed by atoms with Crippen molar-refractivity contribution in [3.05, 3.63) is 28.2 Å². The molecular weight excluding hydrogens is 264 g/mol. The number of piperazine rings is 1. The minimum absolute atomic E-state index is 0.636. The van der Waals surface area contributed by atoms with Crippen LogP contribution in [0.25, 0.3) is 0 Å². The standard InChI is InChI=1S/C13H19BrN2/c1-3-12-9-16(7-6-15-12)13-5-4-11(14)8-10(13)2/h4-5,8,12,15H,3,6-7,9H2,1-2H3. The van der Waals surface area contributed by atoms with Gasteiger partial charge in [0.25, 0.3) is 0 Å². The molecule has 2 rings (SSSR count). The lowest BCUT2D eigenvalue weighted by Gasteiger charge is -2.35. The summed E-state index contributed by atoms with van der Waals surface area (Å²) in [4.78, 5) is 2.49. The molecule has 0 radical (unpaired) electrons. The number of hydrogen-bond donors (Lipinski definition) is 1. The van der Waals surface area contributed by atoms with Gasteiger partial charge in [-0.25, -0.2) is 0 Å². The average Bonchev–Trinajstić information content (AvgIpc) is 2.29. The molecule has 0 aliphatic carbocycles. The molecule has 0 spiro atoms. The van der Waals surface area contributed by atoms with Crippen molar-refractivity contribution in [2.45, 2.75) is 26.3 Å². The maximum atomic E-state index is 3.55. The molecule has 0 saturated carbocycles. The van der Waals surface area contributed by atoms with Crippen LogP contribution in [0, 0.1) is 6.92 Å². The zero-order chi connectivity index (χ0) is 11.5. The lowest BCUT2D eigenvalue weighted by molar-refractivity contribution is 0.446. The van der Waals surface area contributed by atoms with Crippen molar-refractivity contribution >= 4 is 21.6 Å². The van der Waals surface area contributed by atoms with Gasteiger partial charge >= 0.3 is 0 Å². The normalized spacial score (nSPS) is 21.2. The first-order chi connectivity index (χ1) is 7.70. The molecule has 1 atom stereocenters. The smallest absolute Gasteiger partial charge is 0.0397 e. The number of nitrogens with zero attached hydrogens (tertiary/aromatic N) is 1. The molecule has 0 amide bonds. The van der Waals surface area contributed by atoms with Crippen molar-refractivity contribution in [3.8, 4) is 0 Å². The minimum atomic E-state index is 0.636. The second-order valence-electron chi connectivity index (χ2n) is 4.44. The third-order valence-corrected chi connectivity index (χ3v) is 3.74. The summed E-state index contributed by atoms with van der Waals surface area (Å²) in [5.74, 6) is 0. The Labute approximate surface area is 106 Å². The van der Waals surface area contributed by atoms with Gasteiger partial charge in [-0.2, -0.15) is 0 Å². The summed E-state index contributed by atoms with van der Waals surface area (Å²) < 4.78 is 1.16. The number of rotatable bonds is 2. The van der Waals surface area contributed by atoms with Crippen LogP contribution in [0.3, 0.4) is 0 Å². The number of benzene rings is 1. The fraction of sp³-hybridized carbons (Fsp3) is 0.538. The van der Waals surface area contributed by atoms with E-state index in [1.165, 1.54) is 17.7 Å². The Balaban J connectivity index is 2.16. The Morgan fingerprint density at radius 3 is 3.00 bits per heavy atom. The van der Waals surface area contributed by atoms with Crippen LogP contribution in [-0.4, -0.2) is 25.7 Å². The number of hydrogen-bond acceptors (Lipinski definition) is 2. The van der Waals surface area contributed by atoms with Crippen molar-refractivity contribution in [2.75, 3.05) is 24.5 Å². The third kappa shape index (κ3) is 2.58. The van der Waals surface area contributed by atoms with Crippen LogP contribution in [0.1, 0.15) is 18.9 Å². The van der Waals surface area contributed by atoms with E-state index in [2.05, 4.69) is 58.2 Å². The highest BCUT2D eigenvalue weighted by Crippen LogP contribution is 2.24. The first kappa shape index (κ1) is 11.9. The van der Waals surface area contributed by atoms with Crippen LogP contribution in [0.4, 0.5) is 5.69 Å². The van der Waals surface area contributed by atoms with Crippen molar-refractivity contribution in [1.82, 2.24) is 5.32 Å². The van der Waals surface area contributed by atoms with Gasteiger partial charge in [0.1, 0.15) is 0 Å². The zero-order valence-electron chi connectivity index (χ0n) is 9.96. The van der Waals surface area contributed by atoms with E-state index in [4.69, 9.17) is 0 Å². The molecule has 1 aromatic rings. The van der Waals surface area contributed by atoms with Crippen molar-refractivity contribution < 1.29 is 0 Å². The SMILES string of the molecule is CCC1CN(c2ccc(Br)cc2C)CCN1. The molecule has 1 unspecified atom stereocenters. The minimum Gasteiger partial charge on any atom is -0.368 e. The van der Waals surface area contributed by atoms with Crippen LogP contribution in [0.5, 0.6) is 0 Å². The highest BCUT2D eigenvalue weighted by Gasteiger charge is 2.18. The van der Waals surface area contributed by atoms with Crippen molar-refractivity contribution in [3.63, 3.8) is 0 Å². The maximum absolute atomic E-state index is 3.55. The second-order valence-corrected chi connectivity index (χ2v) is 5.35. The summed E-state index contributed by atoms with van der Waals surface area (Å²) in [6.07, 6.45) is 1.20. The van der Waals surface area contributed by atoms with E-state index in [0.717, 1.165) is 24.1 Å². The number of aryl methyl sites for hydroxylation is 1. The largest absolute Gasteiger partial charge is 0.368 e. The molecule has 0 aromatic heterocycles. The Hall–Kier alpha value is -0.540. The molecule has 0 bridgehead atoms. The van der Waals surface area contributed by atoms with Gasteiger partial charge in [0.2, 0.25) is 0 Å². The molecular formula is C13H19BrN2. The second kappa shape index (κ2) is 5.19. The summed E-state index contributed by atoms with van der Waals surface area (Å²) in [6, 6.07) is 7.18. The highest BCUT2D eigenvalue weighted by molar-refractivity contribution is 9.10. The Bertz CT molecular complexity index is 365. The predicted molar refractivity (Wildman–Crippen MR) is 73.2 cm³/mol. The molecule has 1 saturated heterocycles. The van der Waals surface area contributed by atoms with Gasteiger partial charge in [-0.1, -0.05) is 22.9 Å². The first-order valence-corrected chi connectivity index (χ1v) is 6.74. The van der Waals surface area contributed by atoms with Gasteiger partial charge in [-0.15, -0.1) is 0 Å². The van der Waals surface area contributed by atoms with Gasteiger partial charge in [0.15, 0.2) is 0 Å². The summed E-state index contributed by atoms with van der Waals surface area (Å²) in [5, 5.41) is 3.55. The molecule has 16 heavy (non-hydrogen) atoms. The van der Waals surface area contributed by atoms with Crippen LogP contribution >= 0.6 is 15.9 Å². The van der Waals surface area contributed by atoms with E-state index < -0.39 is 0 Å².